The lowest BCUT2D eigenvalue weighted by Crippen LogP contribution is -2.28. The number of nitrogens with zero attached hydrogens (tertiary/aromatic N) is 2. The summed E-state index contributed by atoms with van der Waals surface area (Å²) in [7, 11) is 0. The van der Waals surface area contributed by atoms with Crippen molar-refractivity contribution in [3.63, 3.8) is 0 Å². The summed E-state index contributed by atoms with van der Waals surface area (Å²) in [6.07, 6.45) is 1.18. The van der Waals surface area contributed by atoms with Crippen LogP contribution in [0.25, 0.3) is 22.0 Å². The van der Waals surface area contributed by atoms with Crippen LogP contribution in [0, 0.1) is 0 Å². The Balaban J connectivity index is 1.80. The molecular weight excluding hydrogens is 334 g/mol. The fourth-order valence-corrected chi connectivity index (χ4v) is 3.75. The van der Waals surface area contributed by atoms with Gasteiger partial charge in [-0.25, -0.2) is 0 Å². The Morgan fingerprint density at radius 2 is 1.85 bits per heavy atom. The van der Waals surface area contributed by atoms with Gasteiger partial charge in [-0.2, -0.15) is 0 Å². The highest BCUT2D eigenvalue weighted by Crippen LogP contribution is 2.34. The van der Waals surface area contributed by atoms with E-state index in [4.69, 9.17) is 9.72 Å². The normalized spacial score (nSPS) is 15.6. The van der Waals surface area contributed by atoms with Gasteiger partial charge in [0.1, 0.15) is 5.75 Å². The largest absolute Gasteiger partial charge is 0.493 e. The maximum absolute atomic E-state index is 5.92. The number of hydrogen-bond acceptors (Lipinski definition) is 4. The Hall–Kier alpha value is -2.43. The fraction of sp³-hybridized carbons (Fsp3) is 0.348. The lowest BCUT2D eigenvalue weighted by atomic mass is 10.00. The molecule has 1 aliphatic rings. The van der Waals surface area contributed by atoms with Crippen LogP contribution in [-0.2, 0) is 6.54 Å². The van der Waals surface area contributed by atoms with Gasteiger partial charge < -0.3 is 10.1 Å². The molecule has 4 rings (SSSR count). The quantitative estimate of drug-likeness (QED) is 0.742. The predicted molar refractivity (Wildman–Crippen MR) is 111 cm³/mol. The average Bonchev–Trinajstić information content (AvgIpc) is 2.97. The first-order chi connectivity index (χ1) is 13.3. The molecule has 0 aliphatic carbocycles. The van der Waals surface area contributed by atoms with Crippen LogP contribution < -0.4 is 10.1 Å². The van der Waals surface area contributed by atoms with Gasteiger partial charge in [0, 0.05) is 36.1 Å². The SMILES string of the molecule is CCOc1ccccc1-c1cc2ccccc2nc1CN1CCCNCC1. The molecule has 27 heavy (non-hydrogen) atoms. The summed E-state index contributed by atoms with van der Waals surface area (Å²) in [6, 6.07) is 18.9. The van der Waals surface area contributed by atoms with E-state index in [9.17, 15) is 0 Å². The monoisotopic (exact) mass is 361 g/mol. The van der Waals surface area contributed by atoms with Gasteiger partial charge in [0.15, 0.2) is 0 Å². The summed E-state index contributed by atoms with van der Waals surface area (Å²) < 4.78 is 5.92. The molecule has 0 bridgehead atoms. The van der Waals surface area contributed by atoms with Crippen molar-refractivity contribution in [2.75, 3.05) is 32.8 Å². The van der Waals surface area contributed by atoms with Crippen LogP contribution >= 0.6 is 0 Å². The zero-order valence-corrected chi connectivity index (χ0v) is 15.9. The molecule has 2 heterocycles. The molecule has 2 aromatic carbocycles. The van der Waals surface area contributed by atoms with Gasteiger partial charge in [-0.15, -0.1) is 0 Å². The van der Waals surface area contributed by atoms with Crippen LogP contribution in [0.3, 0.4) is 0 Å². The molecule has 4 nitrogen and oxygen atoms in total. The fourth-order valence-electron chi connectivity index (χ4n) is 3.75. The number of fused-ring (bicyclic) bond motifs is 1. The van der Waals surface area contributed by atoms with Crippen LogP contribution in [0.4, 0.5) is 0 Å². The second-order valence-electron chi connectivity index (χ2n) is 6.98. The summed E-state index contributed by atoms with van der Waals surface area (Å²) in [6.45, 7) is 7.85. The van der Waals surface area contributed by atoms with Crippen LogP contribution in [-0.4, -0.2) is 42.7 Å². The number of pyridine rings is 1. The van der Waals surface area contributed by atoms with Gasteiger partial charge in [0.05, 0.1) is 17.8 Å². The third-order valence-corrected chi connectivity index (χ3v) is 5.09. The first-order valence-corrected chi connectivity index (χ1v) is 9.89. The Morgan fingerprint density at radius 3 is 2.78 bits per heavy atom. The maximum Gasteiger partial charge on any atom is 0.127 e. The maximum atomic E-state index is 5.92. The average molecular weight is 361 g/mol. The van der Waals surface area contributed by atoms with Crippen molar-refractivity contribution in [3.8, 4) is 16.9 Å². The smallest absolute Gasteiger partial charge is 0.127 e. The van der Waals surface area contributed by atoms with Gasteiger partial charge in [0.2, 0.25) is 0 Å². The second kappa shape index (κ2) is 8.51. The minimum Gasteiger partial charge on any atom is -0.493 e. The molecule has 0 amide bonds. The summed E-state index contributed by atoms with van der Waals surface area (Å²) in [5.41, 5.74) is 4.48. The van der Waals surface area contributed by atoms with Crippen molar-refractivity contribution in [2.24, 2.45) is 0 Å². The van der Waals surface area contributed by atoms with Crippen LogP contribution in [0.15, 0.2) is 54.6 Å². The van der Waals surface area contributed by atoms with Gasteiger partial charge >= 0.3 is 0 Å². The number of para-hydroxylation sites is 2. The van der Waals surface area contributed by atoms with Crippen LogP contribution in [0.5, 0.6) is 5.75 Å². The van der Waals surface area contributed by atoms with Crippen molar-refractivity contribution in [1.29, 1.82) is 0 Å². The standard InChI is InChI=1S/C23H27N3O/c1-2-27-23-11-6-4-9-19(23)20-16-18-8-3-5-10-21(18)25-22(20)17-26-14-7-12-24-13-15-26/h3-6,8-11,16,24H,2,7,12-15,17H2,1H3. The second-order valence-corrected chi connectivity index (χ2v) is 6.98. The van der Waals surface area contributed by atoms with Crippen molar-refractivity contribution in [1.82, 2.24) is 15.2 Å². The van der Waals surface area contributed by atoms with Crippen molar-refractivity contribution < 1.29 is 4.74 Å². The van der Waals surface area contributed by atoms with E-state index in [2.05, 4.69) is 52.7 Å². The van der Waals surface area contributed by atoms with E-state index in [1.165, 1.54) is 17.4 Å². The molecule has 0 unspecified atom stereocenters. The van der Waals surface area contributed by atoms with E-state index in [0.717, 1.165) is 55.2 Å². The highest BCUT2D eigenvalue weighted by molar-refractivity contribution is 5.86. The highest BCUT2D eigenvalue weighted by atomic mass is 16.5. The van der Waals surface area contributed by atoms with Crippen molar-refractivity contribution in [2.45, 2.75) is 19.9 Å². The Bertz CT molecular complexity index is 901. The minimum absolute atomic E-state index is 0.658. The molecule has 0 radical (unpaired) electrons. The molecule has 1 aliphatic heterocycles. The number of hydrogen-bond donors (Lipinski definition) is 1. The van der Waals surface area contributed by atoms with Gasteiger partial charge in [0.25, 0.3) is 0 Å². The molecule has 140 valence electrons. The van der Waals surface area contributed by atoms with E-state index in [1.54, 1.807) is 0 Å². The molecule has 4 heteroatoms. The molecule has 1 fully saturated rings. The van der Waals surface area contributed by atoms with E-state index < -0.39 is 0 Å². The third kappa shape index (κ3) is 4.12. The molecule has 0 spiro atoms. The van der Waals surface area contributed by atoms with Crippen LogP contribution in [0.1, 0.15) is 19.0 Å². The topological polar surface area (TPSA) is 37.4 Å². The molecule has 0 atom stereocenters. The minimum atomic E-state index is 0.658. The lowest BCUT2D eigenvalue weighted by molar-refractivity contribution is 0.281. The zero-order valence-electron chi connectivity index (χ0n) is 15.9. The van der Waals surface area contributed by atoms with Gasteiger partial charge in [-0.05, 0) is 44.6 Å². The summed E-state index contributed by atoms with van der Waals surface area (Å²) in [5, 5.41) is 4.65. The first kappa shape index (κ1) is 18.0. The number of benzene rings is 2. The molecule has 1 aromatic heterocycles. The van der Waals surface area contributed by atoms with Crippen molar-refractivity contribution in [3.05, 3.63) is 60.3 Å². The van der Waals surface area contributed by atoms with Gasteiger partial charge in [-0.3, -0.25) is 9.88 Å². The van der Waals surface area contributed by atoms with E-state index in [0.29, 0.717) is 6.61 Å². The van der Waals surface area contributed by atoms with E-state index >= 15 is 0 Å². The number of rotatable bonds is 5. The van der Waals surface area contributed by atoms with Gasteiger partial charge in [-0.1, -0.05) is 36.4 Å². The Labute approximate surface area is 161 Å². The molecule has 1 N–H and O–H groups in total. The van der Waals surface area contributed by atoms with E-state index in [1.807, 2.05) is 19.1 Å². The lowest BCUT2D eigenvalue weighted by Gasteiger charge is -2.22. The van der Waals surface area contributed by atoms with E-state index in [-0.39, 0.29) is 0 Å². The molecule has 0 saturated carbocycles. The number of nitrogens with one attached hydrogen (secondary N) is 1. The highest BCUT2D eigenvalue weighted by Gasteiger charge is 2.17. The summed E-state index contributed by atoms with van der Waals surface area (Å²) in [5.74, 6) is 0.927. The number of aromatic nitrogens is 1. The molecule has 3 aromatic rings. The molecular formula is C23H27N3O. The predicted octanol–water partition coefficient (Wildman–Crippen LogP) is 4.10. The Kier molecular flexibility index (Phi) is 5.66. The summed E-state index contributed by atoms with van der Waals surface area (Å²) in [4.78, 5) is 7.56. The van der Waals surface area contributed by atoms with Crippen molar-refractivity contribution >= 4 is 10.9 Å². The van der Waals surface area contributed by atoms with Crippen LogP contribution in [0.2, 0.25) is 0 Å². The molecule has 1 saturated heterocycles. The Morgan fingerprint density at radius 1 is 1.00 bits per heavy atom. The first-order valence-electron chi connectivity index (χ1n) is 9.89. The third-order valence-electron chi connectivity index (χ3n) is 5.09. The number of ether oxygens (including phenoxy) is 1. The summed E-state index contributed by atoms with van der Waals surface area (Å²) >= 11 is 0. The zero-order chi connectivity index (χ0) is 18.5.